The van der Waals surface area contributed by atoms with Crippen molar-refractivity contribution in [2.24, 2.45) is 0 Å². The predicted octanol–water partition coefficient (Wildman–Crippen LogP) is 1.02. The van der Waals surface area contributed by atoms with Crippen LogP contribution in [0.5, 0.6) is 0 Å². The number of amides is 1. The number of aryl methyl sites for hydroxylation is 1. The van der Waals surface area contributed by atoms with Crippen LogP contribution in [-0.2, 0) is 11.3 Å². The molecular formula is C10H17ClN4O. The molecule has 0 radical (unpaired) electrons. The quantitative estimate of drug-likeness (QED) is 0.831. The second-order valence-electron chi connectivity index (χ2n) is 3.72. The summed E-state index contributed by atoms with van der Waals surface area (Å²) in [5.74, 6) is 0.828. The molecule has 1 aliphatic rings. The summed E-state index contributed by atoms with van der Waals surface area (Å²) in [6, 6.07) is 1.81. The number of halogens is 1. The molecule has 1 aliphatic heterocycles. The monoisotopic (exact) mass is 244 g/mol. The Balaban J connectivity index is 0.00000128. The van der Waals surface area contributed by atoms with Gasteiger partial charge in [-0.05, 0) is 19.4 Å². The van der Waals surface area contributed by atoms with Crippen LogP contribution in [0, 0.1) is 0 Å². The minimum Gasteiger partial charge on any atom is -0.310 e. The van der Waals surface area contributed by atoms with E-state index in [2.05, 4.69) is 22.7 Å². The molecule has 0 bridgehead atoms. The standard InChI is InChI=1S/C10H16N4O.ClH/c1-2-7-14-9(4-6-12-14)13-10(15)8-3-5-11-8;/h4,6,8,11H,2-3,5,7H2,1H3,(H,13,15);1H/t8-;/m1./s1. The Kier molecular flexibility index (Phi) is 4.76. The van der Waals surface area contributed by atoms with Crippen LogP contribution in [-0.4, -0.2) is 28.3 Å². The lowest BCUT2D eigenvalue weighted by Crippen LogP contribution is -2.51. The lowest BCUT2D eigenvalue weighted by Gasteiger charge is -2.26. The molecule has 2 heterocycles. The van der Waals surface area contributed by atoms with Gasteiger partial charge in [0.2, 0.25) is 5.91 Å². The summed E-state index contributed by atoms with van der Waals surface area (Å²) in [6.07, 6.45) is 3.64. The van der Waals surface area contributed by atoms with Gasteiger partial charge in [0.05, 0.1) is 12.2 Å². The molecule has 1 aromatic rings. The van der Waals surface area contributed by atoms with E-state index in [1.807, 2.05) is 10.7 Å². The van der Waals surface area contributed by atoms with Crippen LogP contribution in [0.3, 0.4) is 0 Å². The van der Waals surface area contributed by atoms with Gasteiger partial charge in [0.15, 0.2) is 0 Å². The number of nitrogens with zero attached hydrogens (tertiary/aromatic N) is 2. The molecule has 1 atom stereocenters. The van der Waals surface area contributed by atoms with Gasteiger partial charge in [0.25, 0.3) is 0 Å². The first-order valence-corrected chi connectivity index (χ1v) is 5.37. The zero-order valence-corrected chi connectivity index (χ0v) is 10.1. The predicted molar refractivity (Wildman–Crippen MR) is 64.8 cm³/mol. The average molecular weight is 245 g/mol. The third-order valence-electron chi connectivity index (χ3n) is 2.54. The van der Waals surface area contributed by atoms with E-state index in [4.69, 9.17) is 0 Å². The minimum absolute atomic E-state index is 0. The van der Waals surface area contributed by atoms with Crippen LogP contribution in [0.4, 0.5) is 5.82 Å². The summed E-state index contributed by atoms with van der Waals surface area (Å²) in [5.41, 5.74) is 0. The van der Waals surface area contributed by atoms with Crippen LogP contribution in [0.25, 0.3) is 0 Å². The first-order valence-electron chi connectivity index (χ1n) is 5.37. The normalized spacial score (nSPS) is 18.4. The number of carbonyl (C=O) groups excluding carboxylic acids is 1. The molecule has 2 rings (SSSR count). The Hall–Kier alpha value is -1.07. The molecular weight excluding hydrogens is 228 g/mol. The maximum atomic E-state index is 11.6. The van der Waals surface area contributed by atoms with Gasteiger partial charge in [-0.3, -0.25) is 4.79 Å². The fourth-order valence-electron chi connectivity index (χ4n) is 1.55. The highest BCUT2D eigenvalue weighted by molar-refractivity contribution is 5.94. The van der Waals surface area contributed by atoms with Gasteiger partial charge in [0, 0.05) is 12.6 Å². The highest BCUT2D eigenvalue weighted by Gasteiger charge is 2.24. The van der Waals surface area contributed by atoms with Crippen molar-refractivity contribution in [3.63, 3.8) is 0 Å². The molecule has 16 heavy (non-hydrogen) atoms. The van der Waals surface area contributed by atoms with Crippen LogP contribution in [0.15, 0.2) is 12.3 Å². The van der Waals surface area contributed by atoms with Crippen LogP contribution in [0.2, 0.25) is 0 Å². The highest BCUT2D eigenvalue weighted by Crippen LogP contribution is 2.10. The fourth-order valence-corrected chi connectivity index (χ4v) is 1.55. The fraction of sp³-hybridized carbons (Fsp3) is 0.600. The Bertz CT molecular complexity index is 348. The Morgan fingerprint density at radius 2 is 2.50 bits per heavy atom. The van der Waals surface area contributed by atoms with Crippen molar-refractivity contribution in [3.8, 4) is 0 Å². The molecule has 0 spiro atoms. The number of nitrogens with one attached hydrogen (secondary N) is 2. The van der Waals surface area contributed by atoms with Gasteiger partial charge in [-0.25, -0.2) is 4.68 Å². The molecule has 90 valence electrons. The van der Waals surface area contributed by atoms with Crippen molar-refractivity contribution in [2.45, 2.75) is 32.4 Å². The number of carbonyl (C=O) groups is 1. The molecule has 0 aromatic carbocycles. The van der Waals surface area contributed by atoms with Gasteiger partial charge in [-0.1, -0.05) is 6.92 Å². The number of rotatable bonds is 4. The lowest BCUT2D eigenvalue weighted by atomic mass is 10.1. The molecule has 5 nitrogen and oxygen atoms in total. The zero-order chi connectivity index (χ0) is 10.7. The van der Waals surface area contributed by atoms with Crippen LogP contribution >= 0.6 is 12.4 Å². The summed E-state index contributed by atoms with van der Waals surface area (Å²) in [4.78, 5) is 11.6. The molecule has 2 N–H and O–H groups in total. The van der Waals surface area contributed by atoms with Crippen molar-refractivity contribution >= 4 is 24.1 Å². The minimum atomic E-state index is -0.0185. The number of anilines is 1. The van der Waals surface area contributed by atoms with Crippen LogP contribution < -0.4 is 10.6 Å². The van der Waals surface area contributed by atoms with Crippen molar-refractivity contribution in [1.82, 2.24) is 15.1 Å². The third-order valence-corrected chi connectivity index (χ3v) is 2.54. The largest absolute Gasteiger partial charge is 0.310 e. The van der Waals surface area contributed by atoms with E-state index < -0.39 is 0 Å². The Morgan fingerprint density at radius 3 is 3.06 bits per heavy atom. The van der Waals surface area contributed by atoms with E-state index in [0.29, 0.717) is 0 Å². The van der Waals surface area contributed by atoms with Crippen LogP contribution in [0.1, 0.15) is 19.8 Å². The molecule has 1 aromatic heterocycles. The third kappa shape index (κ3) is 2.74. The average Bonchev–Trinajstić information content (AvgIpc) is 2.50. The summed E-state index contributed by atoms with van der Waals surface area (Å²) >= 11 is 0. The summed E-state index contributed by atoms with van der Waals surface area (Å²) in [7, 11) is 0. The SMILES string of the molecule is CCCn1nccc1NC(=O)[C@H]1CCN1.Cl. The maximum absolute atomic E-state index is 11.6. The number of hydrogen-bond acceptors (Lipinski definition) is 3. The first kappa shape index (κ1) is 13.0. The Labute approximate surface area is 101 Å². The van der Waals surface area contributed by atoms with Gasteiger partial charge in [-0.15, -0.1) is 12.4 Å². The van der Waals surface area contributed by atoms with Crippen molar-refractivity contribution in [3.05, 3.63) is 12.3 Å². The number of hydrogen-bond donors (Lipinski definition) is 2. The summed E-state index contributed by atoms with van der Waals surface area (Å²) in [5, 5.41) is 10.1. The zero-order valence-electron chi connectivity index (χ0n) is 9.27. The molecule has 6 heteroatoms. The van der Waals surface area contributed by atoms with Gasteiger partial charge < -0.3 is 10.6 Å². The van der Waals surface area contributed by atoms with E-state index in [-0.39, 0.29) is 24.4 Å². The van der Waals surface area contributed by atoms with Gasteiger partial charge in [0.1, 0.15) is 5.82 Å². The number of aromatic nitrogens is 2. The van der Waals surface area contributed by atoms with E-state index in [1.165, 1.54) is 0 Å². The van der Waals surface area contributed by atoms with Gasteiger partial charge in [-0.2, -0.15) is 5.10 Å². The maximum Gasteiger partial charge on any atom is 0.242 e. The van der Waals surface area contributed by atoms with Crippen molar-refractivity contribution in [2.75, 3.05) is 11.9 Å². The summed E-state index contributed by atoms with van der Waals surface area (Å²) < 4.78 is 1.82. The molecule has 1 amide bonds. The first-order chi connectivity index (χ1) is 7.31. The van der Waals surface area contributed by atoms with Crippen molar-refractivity contribution < 1.29 is 4.79 Å². The molecule has 0 aliphatic carbocycles. The van der Waals surface area contributed by atoms with E-state index in [9.17, 15) is 4.79 Å². The summed E-state index contributed by atoms with van der Waals surface area (Å²) in [6.45, 7) is 3.85. The topological polar surface area (TPSA) is 59.0 Å². The lowest BCUT2D eigenvalue weighted by molar-refractivity contribution is -0.119. The smallest absolute Gasteiger partial charge is 0.242 e. The van der Waals surface area contributed by atoms with E-state index >= 15 is 0 Å². The second-order valence-corrected chi connectivity index (χ2v) is 3.72. The van der Waals surface area contributed by atoms with Gasteiger partial charge >= 0.3 is 0 Å². The molecule has 1 saturated heterocycles. The molecule has 1 fully saturated rings. The highest BCUT2D eigenvalue weighted by atomic mass is 35.5. The van der Waals surface area contributed by atoms with E-state index in [0.717, 1.165) is 31.7 Å². The molecule has 0 saturated carbocycles. The second kappa shape index (κ2) is 5.86. The van der Waals surface area contributed by atoms with E-state index in [1.54, 1.807) is 6.20 Å². The van der Waals surface area contributed by atoms with Crippen molar-refractivity contribution in [1.29, 1.82) is 0 Å². The Morgan fingerprint density at radius 1 is 1.75 bits per heavy atom. The molecule has 0 unspecified atom stereocenters.